The van der Waals surface area contributed by atoms with Gasteiger partial charge in [0, 0.05) is 12.5 Å². The van der Waals surface area contributed by atoms with E-state index in [1.165, 1.54) is 0 Å². The molecule has 0 saturated carbocycles. The van der Waals surface area contributed by atoms with E-state index in [2.05, 4.69) is 0 Å². The first-order valence-corrected chi connectivity index (χ1v) is 4.00. The van der Waals surface area contributed by atoms with Crippen LogP contribution in [0.25, 0.3) is 0 Å². The average molecular weight is 164 g/mol. The molecule has 0 spiro atoms. The van der Waals surface area contributed by atoms with E-state index in [4.69, 9.17) is 9.47 Å². The van der Waals surface area contributed by atoms with E-state index >= 15 is 0 Å². The zero-order valence-corrected chi connectivity index (χ0v) is 6.61. The third-order valence-corrected chi connectivity index (χ3v) is 2.64. The van der Waals surface area contributed by atoms with E-state index in [-0.39, 0.29) is 18.0 Å². The monoisotopic (exact) mass is 164 g/mol. The summed E-state index contributed by atoms with van der Waals surface area (Å²) in [5.41, 5.74) is 0.760. The molecular weight excluding hydrogens is 156 g/mol. The molecule has 0 aromatic heterocycles. The molecule has 3 unspecified atom stereocenters. The van der Waals surface area contributed by atoms with Crippen LogP contribution in [0, 0.1) is 5.92 Å². The van der Waals surface area contributed by atoms with Gasteiger partial charge in [0.25, 0.3) is 0 Å². The van der Waals surface area contributed by atoms with Gasteiger partial charge in [-0.15, -0.1) is 0 Å². The number of rotatable bonds is 0. The second-order valence-corrected chi connectivity index (χ2v) is 3.47. The Hall–Kier alpha value is -1.09. The highest BCUT2D eigenvalue weighted by atomic mass is 16.7. The Labute approximate surface area is 69.7 Å². The zero-order valence-electron chi connectivity index (χ0n) is 6.61. The Morgan fingerprint density at radius 3 is 2.92 bits per heavy atom. The number of hydrogen-bond acceptors (Lipinski definition) is 3. The SMILES string of the molecule is CC12OC(=O)C3=CC(C=CC31)O2. The molecule has 0 amide bonds. The summed E-state index contributed by atoms with van der Waals surface area (Å²) in [6.45, 7) is 1.81. The van der Waals surface area contributed by atoms with E-state index in [1.807, 2.05) is 25.2 Å². The fraction of sp³-hybridized carbons (Fsp3) is 0.444. The molecule has 3 heterocycles. The van der Waals surface area contributed by atoms with Gasteiger partial charge in [0.1, 0.15) is 0 Å². The van der Waals surface area contributed by atoms with Crippen LogP contribution in [0.15, 0.2) is 23.8 Å². The lowest BCUT2D eigenvalue weighted by Gasteiger charge is -2.36. The quantitative estimate of drug-likeness (QED) is 0.392. The third kappa shape index (κ3) is 0.547. The number of hydrogen-bond donors (Lipinski definition) is 0. The first-order chi connectivity index (χ1) is 5.69. The maximum Gasteiger partial charge on any atom is 0.337 e. The van der Waals surface area contributed by atoms with Gasteiger partial charge in [-0.25, -0.2) is 4.79 Å². The van der Waals surface area contributed by atoms with Crippen LogP contribution in [0.5, 0.6) is 0 Å². The number of ether oxygens (including phenoxy) is 2. The van der Waals surface area contributed by atoms with Crippen molar-refractivity contribution in [1.29, 1.82) is 0 Å². The van der Waals surface area contributed by atoms with Crippen molar-refractivity contribution in [2.75, 3.05) is 0 Å². The van der Waals surface area contributed by atoms with Crippen molar-refractivity contribution < 1.29 is 14.3 Å². The number of esters is 1. The standard InChI is InChI=1S/C9H8O3/c1-9-7-3-2-5(11-9)4-6(7)8(10)12-9/h2-5,7H,1H3. The van der Waals surface area contributed by atoms with E-state index < -0.39 is 5.79 Å². The highest BCUT2D eigenvalue weighted by Crippen LogP contribution is 2.46. The van der Waals surface area contributed by atoms with Crippen molar-refractivity contribution >= 4 is 5.97 Å². The lowest BCUT2D eigenvalue weighted by Crippen LogP contribution is -2.42. The van der Waals surface area contributed by atoms with Gasteiger partial charge in [0.2, 0.25) is 5.79 Å². The molecule has 1 saturated heterocycles. The third-order valence-electron chi connectivity index (χ3n) is 2.64. The summed E-state index contributed by atoms with van der Waals surface area (Å²) < 4.78 is 10.7. The first kappa shape index (κ1) is 6.43. The van der Waals surface area contributed by atoms with Crippen molar-refractivity contribution in [1.82, 2.24) is 0 Å². The van der Waals surface area contributed by atoms with Gasteiger partial charge < -0.3 is 9.47 Å². The predicted octanol–water partition coefficient (Wildman–Crippen LogP) is 0.771. The summed E-state index contributed by atoms with van der Waals surface area (Å²) in [4.78, 5) is 11.2. The van der Waals surface area contributed by atoms with Crippen LogP contribution >= 0.6 is 0 Å². The van der Waals surface area contributed by atoms with E-state index in [1.54, 1.807) is 0 Å². The molecule has 0 aromatic rings. The van der Waals surface area contributed by atoms with Gasteiger partial charge >= 0.3 is 5.97 Å². The Balaban J connectivity index is 2.22. The Morgan fingerprint density at radius 1 is 1.50 bits per heavy atom. The van der Waals surface area contributed by atoms with Crippen LogP contribution in [0.1, 0.15) is 6.92 Å². The molecule has 12 heavy (non-hydrogen) atoms. The highest BCUT2D eigenvalue weighted by Gasteiger charge is 2.55. The second kappa shape index (κ2) is 1.64. The van der Waals surface area contributed by atoms with Crippen LogP contribution in [-0.2, 0) is 14.3 Å². The lowest BCUT2D eigenvalue weighted by molar-refractivity contribution is -0.224. The van der Waals surface area contributed by atoms with Crippen molar-refractivity contribution in [3.05, 3.63) is 23.8 Å². The van der Waals surface area contributed by atoms with Crippen molar-refractivity contribution in [3.63, 3.8) is 0 Å². The second-order valence-electron chi connectivity index (χ2n) is 3.47. The first-order valence-electron chi connectivity index (χ1n) is 4.00. The zero-order chi connectivity index (χ0) is 8.34. The van der Waals surface area contributed by atoms with Gasteiger partial charge in [0.15, 0.2) is 0 Å². The lowest BCUT2D eigenvalue weighted by atomic mass is 9.85. The maximum absolute atomic E-state index is 11.2. The topological polar surface area (TPSA) is 35.5 Å². The molecule has 4 bridgehead atoms. The average Bonchev–Trinajstić information content (AvgIpc) is 2.19. The largest absolute Gasteiger partial charge is 0.429 e. The van der Waals surface area contributed by atoms with Crippen LogP contribution in [0.3, 0.4) is 0 Å². The highest BCUT2D eigenvalue weighted by molar-refractivity contribution is 5.93. The predicted molar refractivity (Wildman–Crippen MR) is 40.1 cm³/mol. The Kier molecular flexibility index (Phi) is 0.878. The summed E-state index contributed by atoms with van der Waals surface area (Å²) in [5, 5.41) is 0. The van der Waals surface area contributed by atoms with Crippen LogP contribution in [0.4, 0.5) is 0 Å². The van der Waals surface area contributed by atoms with Gasteiger partial charge in [-0.05, 0) is 6.08 Å². The summed E-state index contributed by atoms with van der Waals surface area (Å²) in [6.07, 6.45) is 5.72. The summed E-state index contributed by atoms with van der Waals surface area (Å²) in [6, 6.07) is 0. The summed E-state index contributed by atoms with van der Waals surface area (Å²) >= 11 is 0. The Bertz CT molecular complexity index is 329. The van der Waals surface area contributed by atoms with Gasteiger partial charge in [-0.3, -0.25) is 0 Å². The van der Waals surface area contributed by atoms with Crippen LogP contribution in [-0.4, -0.2) is 17.9 Å². The molecule has 3 aliphatic heterocycles. The molecule has 4 rings (SSSR count). The minimum atomic E-state index is -0.722. The molecule has 0 aromatic carbocycles. The molecule has 1 aliphatic carbocycles. The molecule has 0 N–H and O–H groups in total. The smallest absolute Gasteiger partial charge is 0.337 e. The number of carbonyl (C=O) groups is 1. The molecule has 3 atom stereocenters. The van der Waals surface area contributed by atoms with Crippen LogP contribution in [0.2, 0.25) is 0 Å². The van der Waals surface area contributed by atoms with Crippen LogP contribution < -0.4 is 0 Å². The molecule has 1 fully saturated rings. The summed E-state index contributed by atoms with van der Waals surface area (Å²) in [7, 11) is 0. The molecule has 3 heteroatoms. The van der Waals surface area contributed by atoms with Gasteiger partial charge in [0.05, 0.1) is 12.0 Å². The van der Waals surface area contributed by atoms with E-state index in [9.17, 15) is 4.79 Å². The van der Waals surface area contributed by atoms with Gasteiger partial charge in [-0.1, -0.05) is 12.2 Å². The Morgan fingerprint density at radius 2 is 2.33 bits per heavy atom. The minimum Gasteiger partial charge on any atom is -0.429 e. The normalized spacial score (nSPS) is 47.8. The van der Waals surface area contributed by atoms with E-state index in [0.29, 0.717) is 0 Å². The maximum atomic E-state index is 11.2. The fourth-order valence-electron chi connectivity index (χ4n) is 2.06. The van der Waals surface area contributed by atoms with E-state index in [0.717, 1.165) is 5.57 Å². The van der Waals surface area contributed by atoms with Crippen molar-refractivity contribution in [3.8, 4) is 0 Å². The molecule has 0 radical (unpaired) electrons. The number of carbonyl (C=O) groups excluding carboxylic acids is 1. The summed E-state index contributed by atoms with van der Waals surface area (Å²) in [5.74, 6) is -0.940. The minimum absolute atomic E-state index is 0.00926. The molecular formula is C9H8O3. The molecule has 4 aliphatic rings. The molecule has 62 valence electrons. The molecule has 3 nitrogen and oxygen atoms in total. The van der Waals surface area contributed by atoms with Crippen molar-refractivity contribution in [2.24, 2.45) is 5.92 Å². The van der Waals surface area contributed by atoms with Crippen molar-refractivity contribution in [2.45, 2.75) is 18.8 Å². The van der Waals surface area contributed by atoms with Gasteiger partial charge in [-0.2, -0.15) is 0 Å². The fourth-order valence-corrected chi connectivity index (χ4v) is 2.06.